The quantitative estimate of drug-likeness (QED) is 0.586. The highest BCUT2D eigenvalue weighted by atomic mass is 32.1. The lowest BCUT2D eigenvalue weighted by Gasteiger charge is -2.15. The molecule has 0 unspecified atom stereocenters. The van der Waals surface area contributed by atoms with Crippen LogP contribution in [0.1, 0.15) is 44.4 Å². The topological polar surface area (TPSA) is 15.3 Å². The Morgan fingerprint density at radius 1 is 1.15 bits per heavy atom. The van der Waals surface area contributed by atoms with E-state index in [2.05, 4.69) is 48.6 Å². The van der Waals surface area contributed by atoms with Crippen molar-refractivity contribution in [1.82, 2.24) is 10.2 Å². The number of hydrogen-bond acceptors (Lipinski definition) is 3. The zero-order chi connectivity index (χ0) is 14.6. The SMILES string of the molecule is CC(C)CNCCCCCCN(C)CCc1cccs1. The molecule has 0 atom stereocenters. The van der Waals surface area contributed by atoms with Crippen LogP contribution < -0.4 is 5.32 Å². The minimum atomic E-state index is 0.770. The molecule has 0 saturated heterocycles. The Labute approximate surface area is 129 Å². The van der Waals surface area contributed by atoms with Crippen LogP contribution >= 0.6 is 11.3 Å². The summed E-state index contributed by atoms with van der Waals surface area (Å²) < 4.78 is 0. The first-order valence-corrected chi connectivity index (χ1v) is 8.98. The van der Waals surface area contributed by atoms with Crippen LogP contribution in [0.2, 0.25) is 0 Å². The van der Waals surface area contributed by atoms with Crippen molar-refractivity contribution >= 4 is 11.3 Å². The van der Waals surface area contributed by atoms with Gasteiger partial charge in [-0.15, -0.1) is 11.3 Å². The molecule has 0 aliphatic carbocycles. The number of likely N-dealkylation sites (N-methyl/N-ethyl adjacent to an activating group) is 1. The van der Waals surface area contributed by atoms with Gasteiger partial charge < -0.3 is 10.2 Å². The molecule has 2 nitrogen and oxygen atoms in total. The number of hydrogen-bond donors (Lipinski definition) is 1. The molecular weight excluding hydrogens is 264 g/mol. The molecule has 3 heteroatoms. The van der Waals surface area contributed by atoms with Crippen molar-refractivity contribution in [2.45, 2.75) is 46.0 Å². The van der Waals surface area contributed by atoms with Gasteiger partial charge in [0.15, 0.2) is 0 Å². The fourth-order valence-corrected chi connectivity index (χ4v) is 2.94. The van der Waals surface area contributed by atoms with Crippen molar-refractivity contribution in [3.05, 3.63) is 22.4 Å². The van der Waals surface area contributed by atoms with Crippen molar-refractivity contribution < 1.29 is 0 Å². The maximum Gasteiger partial charge on any atom is 0.00579 e. The average Bonchev–Trinajstić information content (AvgIpc) is 2.92. The monoisotopic (exact) mass is 296 g/mol. The summed E-state index contributed by atoms with van der Waals surface area (Å²) in [7, 11) is 2.25. The molecule has 1 N–H and O–H groups in total. The van der Waals surface area contributed by atoms with Crippen LogP contribution in [0.25, 0.3) is 0 Å². The third-order valence-electron chi connectivity index (χ3n) is 3.52. The Bertz CT molecular complexity index is 309. The number of thiophene rings is 1. The van der Waals surface area contributed by atoms with Crippen molar-refractivity contribution in [3.63, 3.8) is 0 Å². The second-order valence-electron chi connectivity index (χ2n) is 6.14. The van der Waals surface area contributed by atoms with Crippen LogP contribution in [0, 0.1) is 5.92 Å². The smallest absolute Gasteiger partial charge is 0.00579 e. The van der Waals surface area contributed by atoms with Crippen LogP contribution in [0.5, 0.6) is 0 Å². The fourth-order valence-electron chi connectivity index (χ4n) is 2.24. The molecule has 0 amide bonds. The normalized spacial score (nSPS) is 11.7. The molecule has 116 valence electrons. The van der Waals surface area contributed by atoms with Crippen molar-refractivity contribution in [2.75, 3.05) is 33.2 Å². The summed E-state index contributed by atoms with van der Waals surface area (Å²) in [5.74, 6) is 0.770. The molecule has 20 heavy (non-hydrogen) atoms. The van der Waals surface area contributed by atoms with Gasteiger partial charge in [-0.25, -0.2) is 0 Å². The van der Waals surface area contributed by atoms with E-state index in [-0.39, 0.29) is 0 Å². The average molecular weight is 297 g/mol. The highest BCUT2D eigenvalue weighted by Crippen LogP contribution is 2.09. The Morgan fingerprint density at radius 2 is 1.95 bits per heavy atom. The van der Waals surface area contributed by atoms with Gasteiger partial charge in [-0.1, -0.05) is 32.8 Å². The number of nitrogens with zero attached hydrogens (tertiary/aromatic N) is 1. The summed E-state index contributed by atoms with van der Waals surface area (Å²) in [6.45, 7) is 9.30. The summed E-state index contributed by atoms with van der Waals surface area (Å²) in [6, 6.07) is 4.38. The van der Waals surface area contributed by atoms with Crippen LogP contribution in [0.4, 0.5) is 0 Å². The maximum atomic E-state index is 3.51. The molecule has 0 saturated carbocycles. The molecule has 0 aliphatic heterocycles. The highest BCUT2D eigenvalue weighted by molar-refractivity contribution is 7.09. The van der Waals surface area contributed by atoms with Crippen molar-refractivity contribution in [3.8, 4) is 0 Å². The minimum Gasteiger partial charge on any atom is -0.316 e. The van der Waals surface area contributed by atoms with Gasteiger partial charge in [0.05, 0.1) is 0 Å². The fraction of sp³-hybridized carbons (Fsp3) is 0.765. The molecule has 1 aromatic rings. The molecule has 1 aromatic heterocycles. The van der Waals surface area contributed by atoms with E-state index in [0.29, 0.717) is 0 Å². The summed E-state index contributed by atoms with van der Waals surface area (Å²) in [5, 5.41) is 5.68. The van der Waals surface area contributed by atoms with Gasteiger partial charge in [0.25, 0.3) is 0 Å². The molecule has 0 aromatic carbocycles. The first kappa shape index (κ1) is 17.7. The second-order valence-corrected chi connectivity index (χ2v) is 7.18. The first-order chi connectivity index (χ1) is 9.68. The minimum absolute atomic E-state index is 0.770. The van der Waals surface area contributed by atoms with E-state index >= 15 is 0 Å². The molecule has 1 heterocycles. The van der Waals surface area contributed by atoms with Crippen LogP contribution in [0.15, 0.2) is 17.5 Å². The van der Waals surface area contributed by atoms with Gasteiger partial charge in [-0.2, -0.15) is 0 Å². The number of nitrogens with one attached hydrogen (secondary N) is 1. The van der Waals surface area contributed by atoms with Crippen LogP contribution in [-0.4, -0.2) is 38.1 Å². The highest BCUT2D eigenvalue weighted by Gasteiger charge is 2.00. The lowest BCUT2D eigenvalue weighted by atomic mass is 10.1. The molecular formula is C17H32N2S. The third-order valence-corrected chi connectivity index (χ3v) is 4.45. The summed E-state index contributed by atoms with van der Waals surface area (Å²) in [5.41, 5.74) is 0. The Hall–Kier alpha value is -0.380. The predicted octanol–water partition coefficient (Wildman–Crippen LogP) is 4.03. The van der Waals surface area contributed by atoms with Gasteiger partial charge in [0, 0.05) is 11.4 Å². The van der Waals surface area contributed by atoms with Gasteiger partial charge in [0.1, 0.15) is 0 Å². The summed E-state index contributed by atoms with van der Waals surface area (Å²) in [6.07, 6.45) is 6.60. The van der Waals surface area contributed by atoms with Gasteiger partial charge in [0.2, 0.25) is 0 Å². The lowest BCUT2D eigenvalue weighted by molar-refractivity contribution is 0.328. The van der Waals surface area contributed by atoms with Crippen molar-refractivity contribution in [2.24, 2.45) is 5.92 Å². The van der Waals surface area contributed by atoms with E-state index in [9.17, 15) is 0 Å². The van der Waals surface area contributed by atoms with Gasteiger partial charge in [-0.05, 0) is 63.3 Å². The maximum absolute atomic E-state index is 3.51. The van der Waals surface area contributed by atoms with Crippen molar-refractivity contribution in [1.29, 1.82) is 0 Å². The van der Waals surface area contributed by atoms with Gasteiger partial charge >= 0.3 is 0 Å². The zero-order valence-electron chi connectivity index (χ0n) is 13.5. The Balaban J connectivity index is 1.85. The Kier molecular flexibility index (Phi) is 9.98. The van der Waals surface area contributed by atoms with Crippen LogP contribution in [-0.2, 0) is 6.42 Å². The lowest BCUT2D eigenvalue weighted by Crippen LogP contribution is -2.22. The molecule has 0 fully saturated rings. The van der Waals surface area contributed by atoms with E-state index in [1.807, 2.05) is 11.3 Å². The van der Waals surface area contributed by atoms with E-state index in [1.54, 1.807) is 0 Å². The predicted molar refractivity (Wildman–Crippen MR) is 91.7 cm³/mol. The molecule has 0 bridgehead atoms. The number of unbranched alkanes of at least 4 members (excludes halogenated alkanes) is 3. The summed E-state index contributed by atoms with van der Waals surface area (Å²) in [4.78, 5) is 3.98. The molecule has 0 spiro atoms. The third kappa shape index (κ3) is 9.51. The second kappa shape index (κ2) is 11.3. The summed E-state index contributed by atoms with van der Waals surface area (Å²) >= 11 is 1.87. The standard InChI is InChI=1S/C17H32N2S/c1-16(2)15-18-11-6-4-5-7-12-19(3)13-10-17-9-8-14-20-17/h8-9,14,16,18H,4-7,10-13,15H2,1-3H3. The molecule has 0 radical (unpaired) electrons. The van der Waals surface area contributed by atoms with E-state index in [0.717, 1.165) is 12.5 Å². The first-order valence-electron chi connectivity index (χ1n) is 8.10. The zero-order valence-corrected chi connectivity index (χ0v) is 14.3. The molecule has 0 aliphatic rings. The van der Waals surface area contributed by atoms with Gasteiger partial charge in [-0.3, -0.25) is 0 Å². The molecule has 1 rings (SSSR count). The van der Waals surface area contributed by atoms with Crippen LogP contribution in [0.3, 0.4) is 0 Å². The van der Waals surface area contributed by atoms with E-state index in [1.165, 1.54) is 56.6 Å². The largest absolute Gasteiger partial charge is 0.316 e. The number of rotatable bonds is 12. The van der Waals surface area contributed by atoms with E-state index in [4.69, 9.17) is 0 Å². The Morgan fingerprint density at radius 3 is 2.65 bits per heavy atom. The van der Waals surface area contributed by atoms with E-state index < -0.39 is 0 Å².